The van der Waals surface area contributed by atoms with Crippen molar-refractivity contribution in [2.24, 2.45) is 0 Å². The van der Waals surface area contributed by atoms with Gasteiger partial charge in [-0.25, -0.2) is 0 Å². The summed E-state index contributed by atoms with van der Waals surface area (Å²) in [4.78, 5) is 8.41. The van der Waals surface area contributed by atoms with E-state index in [9.17, 15) is 0 Å². The quantitative estimate of drug-likeness (QED) is 0.715. The van der Waals surface area contributed by atoms with Crippen molar-refractivity contribution in [3.8, 4) is 17.1 Å². The molecule has 2 heterocycles. The number of benzene rings is 1. The van der Waals surface area contributed by atoms with Gasteiger partial charge in [0.1, 0.15) is 5.75 Å². The monoisotopic (exact) mass is 314 g/mol. The van der Waals surface area contributed by atoms with Gasteiger partial charge in [0.05, 0.1) is 13.0 Å². The van der Waals surface area contributed by atoms with E-state index in [1.54, 1.807) is 13.8 Å². The lowest BCUT2D eigenvalue weighted by molar-refractivity contribution is 0.289. The number of nitrogens with zero attached hydrogens (tertiary/aromatic N) is 4. The van der Waals surface area contributed by atoms with Crippen LogP contribution < -0.4 is 4.74 Å². The molecular formula is C16H18N4O3. The molecule has 0 unspecified atom stereocenters. The minimum absolute atomic E-state index is 0.476. The Balaban J connectivity index is 1.72. The summed E-state index contributed by atoms with van der Waals surface area (Å²) in [5.74, 6) is 3.20. The summed E-state index contributed by atoms with van der Waals surface area (Å²) in [7, 11) is 0. The van der Waals surface area contributed by atoms with Gasteiger partial charge in [0.2, 0.25) is 17.6 Å². The third kappa shape index (κ3) is 3.39. The molecule has 0 amide bonds. The first-order chi connectivity index (χ1) is 11.0. The number of aryl methyl sites for hydroxylation is 4. The number of ether oxygens (including phenoxy) is 1. The molecule has 0 spiro atoms. The smallest absolute Gasteiger partial charge is 0.230 e. The van der Waals surface area contributed by atoms with Crippen molar-refractivity contribution in [3.63, 3.8) is 0 Å². The van der Waals surface area contributed by atoms with Crippen LogP contribution in [0.1, 0.15) is 28.7 Å². The predicted octanol–water partition coefficient (Wildman–Crippen LogP) is 2.97. The highest BCUT2D eigenvalue weighted by Gasteiger charge is 2.12. The maximum atomic E-state index is 5.88. The van der Waals surface area contributed by atoms with E-state index in [1.165, 1.54) is 0 Å². The van der Waals surface area contributed by atoms with Gasteiger partial charge in [-0.05, 0) is 44.0 Å². The van der Waals surface area contributed by atoms with Crippen molar-refractivity contribution in [3.05, 3.63) is 40.9 Å². The zero-order valence-electron chi connectivity index (χ0n) is 13.6. The van der Waals surface area contributed by atoms with Crippen LogP contribution in [0.3, 0.4) is 0 Å². The second-order valence-electron chi connectivity index (χ2n) is 5.41. The number of hydrogen-bond donors (Lipinski definition) is 0. The van der Waals surface area contributed by atoms with E-state index in [0.717, 1.165) is 22.4 Å². The van der Waals surface area contributed by atoms with Crippen LogP contribution in [-0.4, -0.2) is 26.9 Å². The molecule has 0 aliphatic rings. The van der Waals surface area contributed by atoms with E-state index in [2.05, 4.69) is 20.3 Å². The van der Waals surface area contributed by atoms with E-state index in [1.807, 2.05) is 26.0 Å². The maximum absolute atomic E-state index is 5.88. The lowest BCUT2D eigenvalue weighted by Crippen LogP contribution is -2.04. The molecule has 0 bridgehead atoms. The first-order valence-corrected chi connectivity index (χ1v) is 7.37. The van der Waals surface area contributed by atoms with Crippen LogP contribution in [-0.2, 0) is 6.42 Å². The molecule has 0 saturated heterocycles. The average molecular weight is 314 g/mol. The van der Waals surface area contributed by atoms with Crippen LogP contribution in [0.15, 0.2) is 21.2 Å². The van der Waals surface area contributed by atoms with Crippen LogP contribution in [0.25, 0.3) is 11.4 Å². The molecule has 0 radical (unpaired) electrons. The van der Waals surface area contributed by atoms with E-state index >= 15 is 0 Å². The van der Waals surface area contributed by atoms with Crippen LogP contribution in [0.4, 0.5) is 0 Å². The Kier molecular flexibility index (Phi) is 4.10. The van der Waals surface area contributed by atoms with E-state index < -0.39 is 0 Å². The van der Waals surface area contributed by atoms with Crippen molar-refractivity contribution in [2.45, 2.75) is 34.1 Å². The Morgan fingerprint density at radius 3 is 2.26 bits per heavy atom. The average Bonchev–Trinajstić information content (AvgIpc) is 3.10. The van der Waals surface area contributed by atoms with Gasteiger partial charge in [-0.1, -0.05) is 10.3 Å². The van der Waals surface area contributed by atoms with Gasteiger partial charge in [-0.2, -0.15) is 9.97 Å². The minimum atomic E-state index is 0.476. The van der Waals surface area contributed by atoms with Gasteiger partial charge in [-0.3, -0.25) is 0 Å². The standard InChI is InChI=1S/C16H18N4O3/c1-9-7-13(16-18-12(4)22-20-16)8-10(2)15(9)21-6-5-14-17-11(3)19-23-14/h7-8H,5-6H2,1-4H3. The predicted molar refractivity (Wildman–Crippen MR) is 82.2 cm³/mol. The minimum Gasteiger partial charge on any atom is -0.493 e. The summed E-state index contributed by atoms with van der Waals surface area (Å²) in [5.41, 5.74) is 2.95. The van der Waals surface area contributed by atoms with E-state index in [0.29, 0.717) is 36.5 Å². The SMILES string of the molecule is Cc1noc(CCOc2c(C)cc(-c3noc(C)n3)cc2C)n1. The Morgan fingerprint density at radius 2 is 1.70 bits per heavy atom. The Bertz CT molecular complexity index is 799. The number of rotatable bonds is 5. The largest absolute Gasteiger partial charge is 0.493 e. The van der Waals surface area contributed by atoms with E-state index in [-0.39, 0.29) is 0 Å². The van der Waals surface area contributed by atoms with Crippen molar-refractivity contribution in [1.82, 2.24) is 20.3 Å². The lowest BCUT2D eigenvalue weighted by Gasteiger charge is -2.12. The van der Waals surface area contributed by atoms with E-state index in [4.69, 9.17) is 13.8 Å². The number of aromatic nitrogens is 4. The summed E-state index contributed by atoms with van der Waals surface area (Å²) in [5, 5.41) is 7.71. The number of hydrogen-bond acceptors (Lipinski definition) is 7. The van der Waals surface area contributed by atoms with Crippen molar-refractivity contribution < 1.29 is 13.8 Å². The molecular weight excluding hydrogens is 296 g/mol. The van der Waals surface area contributed by atoms with Gasteiger partial charge in [0, 0.05) is 12.5 Å². The Hall–Kier alpha value is -2.70. The summed E-state index contributed by atoms with van der Waals surface area (Å²) < 4.78 is 16.0. The fraction of sp³-hybridized carbons (Fsp3) is 0.375. The third-order valence-corrected chi connectivity index (χ3v) is 3.38. The molecule has 3 aromatic rings. The molecule has 0 aliphatic carbocycles. The van der Waals surface area contributed by atoms with Gasteiger partial charge in [-0.15, -0.1) is 0 Å². The normalized spacial score (nSPS) is 11.0. The first kappa shape index (κ1) is 15.2. The summed E-state index contributed by atoms with van der Waals surface area (Å²) in [6, 6.07) is 3.98. The zero-order chi connectivity index (χ0) is 16.4. The molecule has 120 valence electrons. The molecule has 3 rings (SSSR count). The molecule has 1 aromatic carbocycles. The summed E-state index contributed by atoms with van der Waals surface area (Å²) >= 11 is 0. The molecule has 0 atom stereocenters. The van der Waals surface area contributed by atoms with Gasteiger partial charge in [0.15, 0.2) is 5.82 Å². The van der Waals surface area contributed by atoms with Gasteiger partial charge >= 0.3 is 0 Å². The summed E-state index contributed by atoms with van der Waals surface area (Å²) in [6.45, 7) is 8.03. The van der Waals surface area contributed by atoms with Crippen LogP contribution >= 0.6 is 0 Å². The Morgan fingerprint density at radius 1 is 0.957 bits per heavy atom. The highest BCUT2D eigenvalue weighted by Crippen LogP contribution is 2.29. The van der Waals surface area contributed by atoms with Crippen LogP contribution in [0.5, 0.6) is 5.75 Å². The molecule has 0 saturated carbocycles. The van der Waals surface area contributed by atoms with Crippen molar-refractivity contribution in [1.29, 1.82) is 0 Å². The molecule has 2 aromatic heterocycles. The molecule has 0 N–H and O–H groups in total. The first-order valence-electron chi connectivity index (χ1n) is 7.37. The van der Waals surface area contributed by atoms with Crippen LogP contribution in [0.2, 0.25) is 0 Å². The topological polar surface area (TPSA) is 87.1 Å². The second kappa shape index (κ2) is 6.20. The van der Waals surface area contributed by atoms with Gasteiger partial charge in [0.25, 0.3) is 0 Å². The zero-order valence-corrected chi connectivity index (χ0v) is 13.6. The van der Waals surface area contributed by atoms with Crippen LogP contribution in [0, 0.1) is 27.7 Å². The molecule has 7 nitrogen and oxygen atoms in total. The van der Waals surface area contributed by atoms with Gasteiger partial charge < -0.3 is 13.8 Å². The summed E-state index contributed by atoms with van der Waals surface area (Å²) in [6.07, 6.45) is 0.575. The molecule has 23 heavy (non-hydrogen) atoms. The second-order valence-corrected chi connectivity index (χ2v) is 5.41. The third-order valence-electron chi connectivity index (χ3n) is 3.38. The fourth-order valence-corrected chi connectivity index (χ4v) is 2.41. The van der Waals surface area contributed by atoms with Crippen molar-refractivity contribution >= 4 is 0 Å². The highest BCUT2D eigenvalue weighted by atomic mass is 16.5. The Labute approximate surface area is 133 Å². The molecule has 7 heteroatoms. The highest BCUT2D eigenvalue weighted by molar-refractivity contribution is 5.60. The lowest BCUT2D eigenvalue weighted by atomic mass is 10.1. The van der Waals surface area contributed by atoms with Crippen molar-refractivity contribution in [2.75, 3.05) is 6.61 Å². The molecule has 0 aliphatic heterocycles. The maximum Gasteiger partial charge on any atom is 0.230 e. The fourth-order valence-electron chi connectivity index (χ4n) is 2.41. The molecule has 0 fully saturated rings.